The van der Waals surface area contributed by atoms with Gasteiger partial charge in [0.2, 0.25) is 0 Å². The molecule has 1 aliphatic rings. The van der Waals surface area contributed by atoms with Crippen LogP contribution in [0.25, 0.3) is 0 Å². The molecule has 2 amide bonds. The first-order valence-corrected chi connectivity index (χ1v) is 10.3. The quantitative estimate of drug-likeness (QED) is 0.620. The summed E-state index contributed by atoms with van der Waals surface area (Å²) in [4.78, 5) is 26.8. The van der Waals surface area contributed by atoms with Crippen molar-refractivity contribution in [1.29, 1.82) is 0 Å². The molecule has 0 bridgehead atoms. The lowest BCUT2D eigenvalue weighted by molar-refractivity contribution is -0.141. The lowest BCUT2D eigenvalue weighted by atomic mass is 9.91. The van der Waals surface area contributed by atoms with Crippen molar-refractivity contribution in [3.63, 3.8) is 0 Å². The molecule has 1 N–H and O–H groups in total. The summed E-state index contributed by atoms with van der Waals surface area (Å²) in [6, 6.07) is 8.21. The number of carbonyl (C=O) groups is 2. The average Bonchev–Trinajstić information content (AvgIpc) is 2.76. The van der Waals surface area contributed by atoms with Gasteiger partial charge in [-0.05, 0) is 55.7 Å². The third-order valence-corrected chi connectivity index (χ3v) is 5.50. The van der Waals surface area contributed by atoms with Gasteiger partial charge in [-0.2, -0.15) is 13.2 Å². The molecule has 0 saturated heterocycles. The Balaban J connectivity index is 2.11. The normalized spacial score (nSPS) is 16.5. The maximum atomic E-state index is 13.7. The van der Waals surface area contributed by atoms with Gasteiger partial charge in [0, 0.05) is 7.05 Å². The number of benzene rings is 2. The van der Waals surface area contributed by atoms with Crippen LogP contribution in [0.15, 0.2) is 53.7 Å². The molecular weight excluding hydrogens is 437 g/mol. The van der Waals surface area contributed by atoms with Gasteiger partial charge in [-0.3, -0.25) is 4.90 Å². The van der Waals surface area contributed by atoms with Crippen LogP contribution in [0.2, 0.25) is 0 Å². The van der Waals surface area contributed by atoms with Crippen LogP contribution in [0.3, 0.4) is 0 Å². The van der Waals surface area contributed by atoms with Crippen LogP contribution >= 0.6 is 0 Å². The number of likely N-dealkylation sites (N-methyl/N-ethyl adjacent to an activating group) is 1. The highest BCUT2D eigenvalue weighted by molar-refractivity contribution is 5.95. The Kier molecular flexibility index (Phi) is 7.00. The summed E-state index contributed by atoms with van der Waals surface area (Å²) >= 11 is 0. The van der Waals surface area contributed by atoms with E-state index in [-0.39, 0.29) is 30.0 Å². The Labute approximate surface area is 190 Å². The Bertz CT molecular complexity index is 1100. The number of halogens is 3. The highest BCUT2D eigenvalue weighted by Gasteiger charge is 2.42. The minimum absolute atomic E-state index is 0.0128. The molecule has 0 fully saturated rings. The number of aryl methyl sites for hydroxylation is 2. The van der Waals surface area contributed by atoms with Crippen LogP contribution in [0.4, 0.5) is 18.0 Å². The number of nitrogens with zero attached hydrogens (tertiary/aromatic N) is 1. The van der Waals surface area contributed by atoms with Crippen LogP contribution < -0.4 is 10.1 Å². The number of ether oxygens (including phenoxy) is 2. The SMILES string of the molecule is CCOC(=O)C1=C(COc2ccc(C)c(C)c2)N(C)C(=O)N[C@@H]1c1ccccc1C(F)(F)F. The number of rotatable bonds is 6. The van der Waals surface area contributed by atoms with E-state index in [0.29, 0.717) is 5.75 Å². The number of esters is 1. The van der Waals surface area contributed by atoms with Gasteiger partial charge < -0.3 is 14.8 Å². The Hall–Kier alpha value is -3.49. The maximum absolute atomic E-state index is 13.7. The maximum Gasteiger partial charge on any atom is 0.416 e. The van der Waals surface area contributed by atoms with Crippen LogP contribution in [-0.2, 0) is 15.7 Å². The van der Waals surface area contributed by atoms with E-state index in [4.69, 9.17) is 9.47 Å². The molecule has 2 aromatic rings. The number of amides is 2. The zero-order chi connectivity index (χ0) is 24.3. The molecule has 3 rings (SSSR count). The fourth-order valence-corrected chi connectivity index (χ4v) is 3.58. The van der Waals surface area contributed by atoms with E-state index in [0.717, 1.165) is 22.1 Å². The number of nitrogens with one attached hydrogen (secondary N) is 1. The number of alkyl halides is 3. The molecule has 9 heteroatoms. The summed E-state index contributed by atoms with van der Waals surface area (Å²) in [7, 11) is 1.42. The Morgan fingerprint density at radius 1 is 1.12 bits per heavy atom. The van der Waals surface area contributed by atoms with E-state index >= 15 is 0 Å². The van der Waals surface area contributed by atoms with E-state index in [1.165, 1.54) is 25.2 Å². The molecule has 0 aromatic heterocycles. The third kappa shape index (κ3) is 5.13. The van der Waals surface area contributed by atoms with Crippen LogP contribution in [0, 0.1) is 13.8 Å². The second kappa shape index (κ2) is 9.56. The molecule has 2 aromatic carbocycles. The fourth-order valence-electron chi connectivity index (χ4n) is 3.58. The van der Waals surface area contributed by atoms with Crippen molar-refractivity contribution < 1.29 is 32.2 Å². The van der Waals surface area contributed by atoms with Gasteiger partial charge in [0.15, 0.2) is 0 Å². The summed E-state index contributed by atoms with van der Waals surface area (Å²) < 4.78 is 52.1. The molecule has 0 aliphatic carbocycles. The smallest absolute Gasteiger partial charge is 0.416 e. The molecule has 6 nitrogen and oxygen atoms in total. The average molecular weight is 462 g/mol. The van der Waals surface area contributed by atoms with E-state index in [2.05, 4.69) is 5.32 Å². The van der Waals surface area contributed by atoms with E-state index < -0.39 is 29.8 Å². The van der Waals surface area contributed by atoms with Crippen LogP contribution in [-0.4, -0.2) is 37.2 Å². The standard InChI is InChI=1S/C24H25F3N2O4/c1-5-32-22(30)20-19(13-33-16-11-10-14(2)15(3)12-16)29(4)23(31)28-21(20)17-8-6-7-9-18(17)24(25,26)27/h6-12,21H,5,13H2,1-4H3,(H,28,31)/t21-/m1/s1. The molecule has 1 heterocycles. The zero-order valence-corrected chi connectivity index (χ0v) is 18.7. The Morgan fingerprint density at radius 3 is 2.45 bits per heavy atom. The number of hydrogen-bond donors (Lipinski definition) is 1. The summed E-state index contributed by atoms with van der Waals surface area (Å²) in [6.07, 6.45) is -4.68. The highest BCUT2D eigenvalue weighted by atomic mass is 19.4. The second-order valence-electron chi connectivity index (χ2n) is 7.64. The van der Waals surface area contributed by atoms with Crippen molar-refractivity contribution in [3.05, 3.63) is 76.0 Å². The number of urea groups is 1. The number of hydrogen-bond acceptors (Lipinski definition) is 4. The third-order valence-electron chi connectivity index (χ3n) is 5.50. The Morgan fingerprint density at radius 2 is 1.82 bits per heavy atom. The largest absolute Gasteiger partial charge is 0.487 e. The molecule has 1 aliphatic heterocycles. The predicted octanol–water partition coefficient (Wildman–Crippen LogP) is 4.91. The molecule has 176 valence electrons. The van der Waals surface area contributed by atoms with Crippen molar-refractivity contribution in [2.24, 2.45) is 0 Å². The monoisotopic (exact) mass is 462 g/mol. The first kappa shape index (κ1) is 24.2. The molecule has 0 spiro atoms. The molecule has 0 unspecified atom stereocenters. The fraction of sp³-hybridized carbons (Fsp3) is 0.333. The molecule has 33 heavy (non-hydrogen) atoms. The lowest BCUT2D eigenvalue weighted by Crippen LogP contribution is -2.48. The predicted molar refractivity (Wildman–Crippen MR) is 116 cm³/mol. The first-order chi connectivity index (χ1) is 15.5. The summed E-state index contributed by atoms with van der Waals surface area (Å²) in [5.74, 6) is -0.328. The van der Waals surface area contributed by atoms with Crippen molar-refractivity contribution in [2.45, 2.75) is 33.0 Å². The molecule has 1 atom stereocenters. The van der Waals surface area contributed by atoms with Gasteiger partial charge in [-0.1, -0.05) is 24.3 Å². The van der Waals surface area contributed by atoms with Gasteiger partial charge >= 0.3 is 18.2 Å². The highest BCUT2D eigenvalue weighted by Crippen LogP contribution is 2.39. The van der Waals surface area contributed by atoms with Gasteiger partial charge in [0.05, 0.1) is 29.5 Å². The van der Waals surface area contributed by atoms with Crippen molar-refractivity contribution >= 4 is 12.0 Å². The van der Waals surface area contributed by atoms with Crippen LogP contribution in [0.5, 0.6) is 5.75 Å². The zero-order valence-electron chi connectivity index (χ0n) is 18.7. The van der Waals surface area contributed by atoms with Gasteiger partial charge in [0.1, 0.15) is 12.4 Å². The van der Waals surface area contributed by atoms with Gasteiger partial charge in [-0.15, -0.1) is 0 Å². The first-order valence-electron chi connectivity index (χ1n) is 10.3. The van der Waals surface area contributed by atoms with E-state index in [1.807, 2.05) is 19.9 Å². The second-order valence-corrected chi connectivity index (χ2v) is 7.64. The van der Waals surface area contributed by atoms with Crippen molar-refractivity contribution in [2.75, 3.05) is 20.3 Å². The number of carbonyl (C=O) groups excluding carboxylic acids is 2. The minimum Gasteiger partial charge on any atom is -0.487 e. The molecule has 0 radical (unpaired) electrons. The van der Waals surface area contributed by atoms with Gasteiger partial charge in [0.25, 0.3) is 0 Å². The molecular formula is C24H25F3N2O4. The van der Waals surface area contributed by atoms with Crippen LogP contribution in [0.1, 0.15) is 35.2 Å². The van der Waals surface area contributed by atoms with Gasteiger partial charge in [-0.25, -0.2) is 9.59 Å². The van der Waals surface area contributed by atoms with E-state index in [9.17, 15) is 22.8 Å². The lowest BCUT2D eigenvalue weighted by Gasteiger charge is -2.35. The molecule has 0 saturated carbocycles. The summed E-state index contributed by atoms with van der Waals surface area (Å²) in [6.45, 7) is 5.25. The topological polar surface area (TPSA) is 67.9 Å². The minimum atomic E-state index is -4.68. The van der Waals surface area contributed by atoms with Crippen molar-refractivity contribution in [3.8, 4) is 5.75 Å². The summed E-state index contributed by atoms with van der Waals surface area (Å²) in [5.41, 5.74) is 0.858. The summed E-state index contributed by atoms with van der Waals surface area (Å²) in [5, 5.41) is 2.50. The van der Waals surface area contributed by atoms with Crippen molar-refractivity contribution in [1.82, 2.24) is 10.2 Å². The van der Waals surface area contributed by atoms with E-state index in [1.54, 1.807) is 19.1 Å².